The Bertz CT molecular complexity index is 1170. The standard InChI is InChI=1S/2C18H15P.B/c2*1-4-10-16(11-5-1)19(17-12-6-2-7-13-17)18-14-8-3-9-15-18;/h2*1-15H;. The van der Waals surface area contributed by atoms with Crippen molar-refractivity contribution in [1.29, 1.82) is 0 Å². The Balaban J connectivity index is 0.000000176. The zero-order chi connectivity index (χ0) is 25.8. The summed E-state index contributed by atoms with van der Waals surface area (Å²) in [5.74, 6) is 0. The van der Waals surface area contributed by atoms with Gasteiger partial charge in [-0.25, -0.2) is 0 Å². The van der Waals surface area contributed by atoms with Gasteiger partial charge >= 0.3 is 0 Å². The molecule has 0 heterocycles. The van der Waals surface area contributed by atoms with Gasteiger partial charge in [0.25, 0.3) is 0 Å². The Morgan fingerprint density at radius 1 is 0.205 bits per heavy atom. The van der Waals surface area contributed by atoms with Crippen molar-refractivity contribution in [2.45, 2.75) is 0 Å². The topological polar surface area (TPSA) is 0 Å². The van der Waals surface area contributed by atoms with Crippen LogP contribution in [0.5, 0.6) is 0 Å². The van der Waals surface area contributed by atoms with Crippen LogP contribution in [-0.2, 0) is 0 Å². The number of rotatable bonds is 6. The summed E-state index contributed by atoms with van der Waals surface area (Å²) in [6.07, 6.45) is 0. The van der Waals surface area contributed by atoms with Crippen LogP contribution in [0.25, 0.3) is 0 Å². The van der Waals surface area contributed by atoms with E-state index in [0.29, 0.717) is 0 Å². The van der Waals surface area contributed by atoms with E-state index >= 15 is 0 Å². The zero-order valence-corrected chi connectivity index (χ0v) is 23.6. The van der Waals surface area contributed by atoms with Gasteiger partial charge in [-0.15, -0.1) is 0 Å². The average molecular weight is 535 g/mol. The molecule has 6 aromatic carbocycles. The number of benzene rings is 6. The molecule has 39 heavy (non-hydrogen) atoms. The Kier molecular flexibility index (Phi) is 10.9. The largest absolute Gasteiger partial charge is 0.0622 e. The highest BCUT2D eigenvalue weighted by molar-refractivity contribution is 7.80. The summed E-state index contributed by atoms with van der Waals surface area (Å²) in [7, 11) is -0.892. The molecule has 0 spiro atoms. The van der Waals surface area contributed by atoms with E-state index in [4.69, 9.17) is 0 Å². The first-order valence-corrected chi connectivity index (χ1v) is 15.5. The summed E-state index contributed by atoms with van der Waals surface area (Å²) in [6, 6.07) is 64.7. The van der Waals surface area contributed by atoms with Gasteiger partial charge in [-0.1, -0.05) is 182 Å². The van der Waals surface area contributed by atoms with Crippen LogP contribution in [-0.4, -0.2) is 8.41 Å². The highest BCUT2D eigenvalue weighted by atomic mass is 31.1. The summed E-state index contributed by atoms with van der Waals surface area (Å²) < 4.78 is 0. The molecule has 187 valence electrons. The highest BCUT2D eigenvalue weighted by Gasteiger charge is 2.16. The first-order chi connectivity index (χ1) is 18.9. The third-order valence-corrected chi connectivity index (χ3v) is 11.0. The van der Waals surface area contributed by atoms with Crippen LogP contribution in [0.3, 0.4) is 0 Å². The van der Waals surface area contributed by atoms with E-state index in [0.717, 1.165) is 0 Å². The Hall–Kier alpha value is -3.76. The van der Waals surface area contributed by atoms with Crippen molar-refractivity contribution >= 4 is 56.1 Å². The fourth-order valence-electron chi connectivity index (χ4n) is 4.36. The molecule has 0 aliphatic heterocycles. The minimum absolute atomic E-state index is 0. The quantitative estimate of drug-likeness (QED) is 0.169. The SMILES string of the molecule is [B].c1ccc(P(c2ccccc2)c2ccccc2)cc1.c1ccc(P(c2ccccc2)c2ccccc2)cc1. The van der Waals surface area contributed by atoms with Crippen LogP contribution in [0.2, 0.25) is 0 Å². The fourth-order valence-corrected chi connectivity index (χ4v) is 8.97. The van der Waals surface area contributed by atoms with Crippen molar-refractivity contribution in [1.82, 2.24) is 0 Å². The molecule has 0 bridgehead atoms. The van der Waals surface area contributed by atoms with Gasteiger partial charge in [0.05, 0.1) is 0 Å². The fraction of sp³-hybridized carbons (Fsp3) is 0. The lowest BCUT2D eigenvalue weighted by Gasteiger charge is -2.18. The van der Waals surface area contributed by atoms with E-state index in [-0.39, 0.29) is 8.41 Å². The molecule has 0 unspecified atom stereocenters. The van der Waals surface area contributed by atoms with Crippen LogP contribution in [0.1, 0.15) is 0 Å². The van der Waals surface area contributed by atoms with Crippen molar-refractivity contribution in [2.75, 3.05) is 0 Å². The monoisotopic (exact) mass is 535 g/mol. The third-order valence-electron chi connectivity index (χ3n) is 6.09. The highest BCUT2D eigenvalue weighted by Crippen LogP contribution is 2.33. The number of hydrogen-bond acceptors (Lipinski definition) is 0. The van der Waals surface area contributed by atoms with Gasteiger partial charge in [0.15, 0.2) is 0 Å². The second-order valence-electron chi connectivity index (χ2n) is 8.68. The van der Waals surface area contributed by atoms with E-state index in [1.807, 2.05) is 0 Å². The predicted octanol–water partition coefficient (Wildman–Crippen LogP) is 6.51. The van der Waals surface area contributed by atoms with Crippen molar-refractivity contribution in [3.05, 3.63) is 182 Å². The maximum atomic E-state index is 2.23. The molecule has 3 radical (unpaired) electrons. The molecule has 0 aromatic heterocycles. The molecule has 6 rings (SSSR count). The molecule has 0 saturated carbocycles. The van der Waals surface area contributed by atoms with Gasteiger partial charge in [0.1, 0.15) is 0 Å². The van der Waals surface area contributed by atoms with Gasteiger partial charge in [0.2, 0.25) is 0 Å². The minimum atomic E-state index is -0.446. The van der Waals surface area contributed by atoms with Crippen molar-refractivity contribution in [3.8, 4) is 0 Å². The van der Waals surface area contributed by atoms with Gasteiger partial charge in [-0.05, 0) is 47.7 Å². The van der Waals surface area contributed by atoms with Gasteiger partial charge in [0, 0.05) is 8.41 Å². The maximum Gasteiger partial charge on any atom is 0 e. The van der Waals surface area contributed by atoms with E-state index in [1.165, 1.54) is 31.8 Å². The first kappa shape index (κ1) is 28.3. The summed E-state index contributed by atoms with van der Waals surface area (Å²) in [5.41, 5.74) is 0. The van der Waals surface area contributed by atoms with Gasteiger partial charge in [-0.3, -0.25) is 0 Å². The summed E-state index contributed by atoms with van der Waals surface area (Å²) in [6.45, 7) is 0. The van der Waals surface area contributed by atoms with Crippen molar-refractivity contribution < 1.29 is 0 Å². The van der Waals surface area contributed by atoms with Crippen molar-refractivity contribution in [3.63, 3.8) is 0 Å². The van der Waals surface area contributed by atoms with Crippen LogP contribution >= 0.6 is 15.8 Å². The molecule has 0 atom stereocenters. The summed E-state index contributed by atoms with van der Waals surface area (Å²) >= 11 is 0. The summed E-state index contributed by atoms with van der Waals surface area (Å²) in [5, 5.41) is 8.39. The second-order valence-corrected chi connectivity index (χ2v) is 13.1. The molecule has 0 N–H and O–H groups in total. The molecule has 0 aliphatic rings. The summed E-state index contributed by atoms with van der Waals surface area (Å²) in [4.78, 5) is 0. The lowest BCUT2D eigenvalue weighted by molar-refractivity contribution is 1.74. The predicted molar refractivity (Wildman–Crippen MR) is 176 cm³/mol. The molecule has 0 aliphatic carbocycles. The van der Waals surface area contributed by atoms with Crippen LogP contribution in [0.4, 0.5) is 0 Å². The molecule has 0 saturated heterocycles. The molecular weight excluding hydrogens is 505 g/mol. The molecule has 0 fully saturated rings. The molecule has 0 nitrogen and oxygen atoms in total. The van der Waals surface area contributed by atoms with Crippen LogP contribution < -0.4 is 31.8 Å². The molecule has 6 aromatic rings. The smallest absolute Gasteiger partial charge is 0 e. The van der Waals surface area contributed by atoms with Gasteiger partial charge < -0.3 is 0 Å². The Morgan fingerprint density at radius 2 is 0.333 bits per heavy atom. The van der Waals surface area contributed by atoms with E-state index in [9.17, 15) is 0 Å². The Morgan fingerprint density at radius 3 is 0.462 bits per heavy atom. The van der Waals surface area contributed by atoms with E-state index in [1.54, 1.807) is 0 Å². The molecular formula is C36H30BP2. The lowest BCUT2D eigenvalue weighted by Crippen LogP contribution is -2.20. The van der Waals surface area contributed by atoms with E-state index in [2.05, 4.69) is 182 Å². The third kappa shape index (κ3) is 7.65. The first-order valence-electron chi connectivity index (χ1n) is 12.8. The molecule has 0 amide bonds. The normalized spacial score (nSPS) is 10.3. The lowest BCUT2D eigenvalue weighted by atomic mass is 10.4. The number of hydrogen-bond donors (Lipinski definition) is 0. The minimum Gasteiger partial charge on any atom is -0.0622 e. The molecule has 3 heteroatoms. The maximum absolute atomic E-state index is 2.23. The second kappa shape index (κ2) is 15.0. The zero-order valence-electron chi connectivity index (χ0n) is 21.8. The van der Waals surface area contributed by atoms with Crippen LogP contribution in [0, 0.1) is 0 Å². The van der Waals surface area contributed by atoms with Crippen LogP contribution in [0.15, 0.2) is 182 Å². The van der Waals surface area contributed by atoms with Gasteiger partial charge in [-0.2, -0.15) is 0 Å². The van der Waals surface area contributed by atoms with Crippen molar-refractivity contribution in [2.24, 2.45) is 0 Å². The average Bonchev–Trinajstić information content (AvgIpc) is 3.01. The Labute approximate surface area is 237 Å². The van der Waals surface area contributed by atoms with E-state index < -0.39 is 15.8 Å².